The van der Waals surface area contributed by atoms with Crippen LogP contribution in [0.4, 0.5) is 29.7 Å². The van der Waals surface area contributed by atoms with E-state index in [4.69, 9.17) is 11.6 Å². The molecule has 0 unspecified atom stereocenters. The van der Waals surface area contributed by atoms with E-state index in [1.807, 2.05) is 0 Å². The number of nitrogens with zero attached hydrogens (tertiary/aromatic N) is 1. The van der Waals surface area contributed by atoms with Gasteiger partial charge in [-0.25, -0.2) is 18.4 Å². The van der Waals surface area contributed by atoms with E-state index >= 15 is 0 Å². The number of likely N-dealkylation sites (tertiary alicyclic amines) is 1. The van der Waals surface area contributed by atoms with Gasteiger partial charge in [-0.05, 0) is 55.5 Å². The van der Waals surface area contributed by atoms with Gasteiger partial charge in [0.25, 0.3) is 0 Å². The lowest BCUT2D eigenvalue weighted by molar-refractivity contribution is 0.180. The maximum Gasteiger partial charge on any atom is 0.321 e. The molecule has 1 aliphatic heterocycles. The summed E-state index contributed by atoms with van der Waals surface area (Å²) in [5, 5.41) is 8.35. The van der Waals surface area contributed by atoms with Crippen LogP contribution >= 0.6 is 11.6 Å². The number of urea groups is 2. The first-order chi connectivity index (χ1) is 14.4. The van der Waals surface area contributed by atoms with Crippen LogP contribution in [-0.4, -0.2) is 36.6 Å². The van der Waals surface area contributed by atoms with Crippen molar-refractivity contribution in [3.63, 3.8) is 0 Å². The van der Waals surface area contributed by atoms with Crippen molar-refractivity contribution >= 4 is 35.0 Å². The van der Waals surface area contributed by atoms with Crippen LogP contribution in [0.15, 0.2) is 42.5 Å². The molecular weight excluding hydrogens is 414 g/mol. The molecule has 30 heavy (non-hydrogen) atoms. The number of rotatable bonds is 5. The van der Waals surface area contributed by atoms with Crippen LogP contribution in [0.2, 0.25) is 5.02 Å². The number of amides is 4. The average Bonchev–Trinajstić information content (AvgIpc) is 2.71. The second kappa shape index (κ2) is 10.2. The Kier molecular flexibility index (Phi) is 7.46. The summed E-state index contributed by atoms with van der Waals surface area (Å²) in [6.07, 6.45) is 2.39. The molecule has 160 valence electrons. The van der Waals surface area contributed by atoms with Gasteiger partial charge in [0, 0.05) is 36.4 Å². The topological polar surface area (TPSA) is 73.5 Å². The quantitative estimate of drug-likeness (QED) is 0.612. The van der Waals surface area contributed by atoms with Gasteiger partial charge in [-0.15, -0.1) is 0 Å². The molecule has 0 saturated carbocycles. The zero-order valence-corrected chi connectivity index (χ0v) is 17.0. The third-order valence-electron chi connectivity index (χ3n) is 4.99. The first-order valence-electron chi connectivity index (χ1n) is 9.72. The predicted molar refractivity (Wildman–Crippen MR) is 113 cm³/mol. The molecule has 6 nitrogen and oxygen atoms in total. The normalized spacial score (nSPS) is 14.3. The fourth-order valence-electron chi connectivity index (χ4n) is 3.34. The maximum atomic E-state index is 13.5. The van der Waals surface area contributed by atoms with Gasteiger partial charge in [0.05, 0.1) is 5.69 Å². The monoisotopic (exact) mass is 436 g/mol. The van der Waals surface area contributed by atoms with Crippen molar-refractivity contribution in [3.05, 3.63) is 59.1 Å². The Morgan fingerprint density at radius 1 is 1.07 bits per heavy atom. The molecule has 0 radical (unpaired) electrons. The molecular formula is C21H23ClF2N4O2. The molecule has 4 amide bonds. The molecule has 1 heterocycles. The number of nitrogens with one attached hydrogen (secondary N) is 3. The van der Waals surface area contributed by atoms with Gasteiger partial charge in [-0.2, -0.15) is 0 Å². The van der Waals surface area contributed by atoms with Gasteiger partial charge in [0.2, 0.25) is 0 Å². The van der Waals surface area contributed by atoms with Crippen LogP contribution in [0.5, 0.6) is 0 Å². The molecule has 2 aromatic rings. The highest BCUT2D eigenvalue weighted by Crippen LogP contribution is 2.22. The van der Waals surface area contributed by atoms with Crippen molar-refractivity contribution in [2.24, 2.45) is 5.92 Å². The molecule has 3 rings (SSSR count). The molecule has 9 heteroatoms. The molecule has 0 aromatic heterocycles. The number of piperidine rings is 1. The van der Waals surface area contributed by atoms with E-state index in [1.165, 1.54) is 0 Å². The van der Waals surface area contributed by atoms with Crippen molar-refractivity contribution in [1.82, 2.24) is 10.2 Å². The first kappa shape index (κ1) is 21.8. The lowest BCUT2D eigenvalue weighted by Gasteiger charge is -2.32. The third kappa shape index (κ3) is 6.32. The van der Waals surface area contributed by atoms with E-state index in [0.717, 1.165) is 37.5 Å². The van der Waals surface area contributed by atoms with Crippen molar-refractivity contribution in [2.45, 2.75) is 19.3 Å². The smallest absolute Gasteiger partial charge is 0.321 e. The highest BCUT2D eigenvalue weighted by molar-refractivity contribution is 6.30. The molecule has 0 bridgehead atoms. The number of hydrogen-bond donors (Lipinski definition) is 3. The molecule has 0 aliphatic carbocycles. The maximum absolute atomic E-state index is 13.5. The Balaban J connectivity index is 1.36. The largest absolute Gasteiger partial charge is 0.338 e. The number of benzene rings is 2. The summed E-state index contributed by atoms with van der Waals surface area (Å²) < 4.78 is 26.7. The second-order valence-corrected chi connectivity index (χ2v) is 7.60. The minimum Gasteiger partial charge on any atom is -0.338 e. The molecule has 0 atom stereocenters. The second-order valence-electron chi connectivity index (χ2n) is 7.16. The number of halogens is 3. The van der Waals surface area contributed by atoms with Gasteiger partial charge in [-0.1, -0.05) is 17.7 Å². The minimum absolute atomic E-state index is 0.162. The standard InChI is InChI=1S/C21H23ClF2N4O2/c22-15-2-1-3-17(12-15)26-21(30)28-10-7-14(8-11-28)6-9-25-20(29)27-19-13-16(23)4-5-18(19)24/h1-5,12-14H,6-11H2,(H,26,30)(H2,25,27,29). The van der Waals surface area contributed by atoms with Crippen LogP contribution in [0.1, 0.15) is 19.3 Å². The Morgan fingerprint density at radius 2 is 1.83 bits per heavy atom. The summed E-state index contributed by atoms with van der Waals surface area (Å²) >= 11 is 5.93. The van der Waals surface area contributed by atoms with Crippen LogP contribution in [0, 0.1) is 17.6 Å². The van der Waals surface area contributed by atoms with Gasteiger partial charge in [-0.3, -0.25) is 0 Å². The summed E-state index contributed by atoms with van der Waals surface area (Å²) in [6, 6.07) is 9.12. The van der Waals surface area contributed by atoms with E-state index in [9.17, 15) is 18.4 Å². The van der Waals surface area contributed by atoms with E-state index in [1.54, 1.807) is 29.2 Å². The van der Waals surface area contributed by atoms with Crippen molar-refractivity contribution in [2.75, 3.05) is 30.3 Å². The number of carbonyl (C=O) groups excluding carboxylic acids is 2. The zero-order chi connectivity index (χ0) is 21.5. The highest BCUT2D eigenvalue weighted by atomic mass is 35.5. The van der Waals surface area contributed by atoms with Crippen LogP contribution < -0.4 is 16.0 Å². The lowest BCUT2D eigenvalue weighted by Crippen LogP contribution is -2.41. The zero-order valence-electron chi connectivity index (χ0n) is 16.3. The summed E-state index contributed by atoms with van der Waals surface area (Å²) in [4.78, 5) is 26.0. The molecule has 3 N–H and O–H groups in total. The summed E-state index contributed by atoms with van der Waals surface area (Å²) in [5.74, 6) is -0.959. The van der Waals surface area contributed by atoms with Gasteiger partial charge in [0.1, 0.15) is 11.6 Å². The van der Waals surface area contributed by atoms with E-state index in [2.05, 4.69) is 16.0 Å². The highest BCUT2D eigenvalue weighted by Gasteiger charge is 2.23. The fraction of sp³-hybridized carbons (Fsp3) is 0.333. The van der Waals surface area contributed by atoms with Crippen LogP contribution in [0.3, 0.4) is 0 Å². The molecule has 0 spiro atoms. The Labute approximate surface area is 178 Å². The van der Waals surface area contributed by atoms with E-state index < -0.39 is 17.7 Å². The van der Waals surface area contributed by atoms with Crippen molar-refractivity contribution in [1.29, 1.82) is 0 Å². The van der Waals surface area contributed by atoms with Crippen LogP contribution in [-0.2, 0) is 0 Å². The Hall–Kier alpha value is -2.87. The Morgan fingerprint density at radius 3 is 2.57 bits per heavy atom. The van der Waals surface area contributed by atoms with Crippen molar-refractivity contribution < 1.29 is 18.4 Å². The predicted octanol–water partition coefficient (Wildman–Crippen LogP) is 5.07. The fourth-order valence-corrected chi connectivity index (χ4v) is 3.53. The summed E-state index contributed by atoms with van der Waals surface area (Å²) in [6.45, 7) is 1.65. The summed E-state index contributed by atoms with van der Waals surface area (Å²) in [7, 11) is 0. The van der Waals surface area contributed by atoms with Gasteiger partial charge in [0.15, 0.2) is 0 Å². The summed E-state index contributed by atoms with van der Waals surface area (Å²) in [5.41, 5.74) is 0.450. The third-order valence-corrected chi connectivity index (χ3v) is 5.23. The Bertz CT molecular complexity index is 904. The average molecular weight is 437 g/mol. The van der Waals surface area contributed by atoms with Gasteiger partial charge >= 0.3 is 12.1 Å². The number of carbonyl (C=O) groups is 2. The van der Waals surface area contributed by atoms with E-state index in [-0.39, 0.29) is 11.7 Å². The SMILES string of the molecule is O=C(NCCC1CCN(C(=O)Nc2cccc(Cl)c2)CC1)Nc1cc(F)ccc1F. The van der Waals surface area contributed by atoms with Gasteiger partial charge < -0.3 is 20.9 Å². The number of anilines is 2. The minimum atomic E-state index is -0.699. The number of hydrogen-bond acceptors (Lipinski definition) is 2. The van der Waals surface area contributed by atoms with Crippen LogP contribution in [0.25, 0.3) is 0 Å². The lowest BCUT2D eigenvalue weighted by atomic mass is 9.94. The van der Waals surface area contributed by atoms with E-state index in [0.29, 0.717) is 36.3 Å². The molecule has 1 fully saturated rings. The first-order valence-corrected chi connectivity index (χ1v) is 10.1. The molecule has 2 aromatic carbocycles. The van der Waals surface area contributed by atoms with Crippen molar-refractivity contribution in [3.8, 4) is 0 Å². The molecule has 1 aliphatic rings. The molecule has 1 saturated heterocycles.